The molecule has 1 heterocycles. The monoisotopic (exact) mass is 155 g/mol. The van der Waals surface area contributed by atoms with Crippen LogP contribution in [0.15, 0.2) is 0 Å². The second kappa shape index (κ2) is 4.76. The van der Waals surface area contributed by atoms with Crippen molar-refractivity contribution in [1.82, 2.24) is 4.90 Å². The molecule has 0 saturated carbocycles. The summed E-state index contributed by atoms with van der Waals surface area (Å²) >= 11 is 0. The topological polar surface area (TPSA) is 3.24 Å². The summed E-state index contributed by atoms with van der Waals surface area (Å²) in [5.74, 6) is 1.04. The Hall–Kier alpha value is -0.0400. The van der Waals surface area contributed by atoms with Gasteiger partial charge in [-0.1, -0.05) is 33.1 Å². The minimum atomic E-state index is 1.04. The SMILES string of the molecule is CCCCCC1CN(CC)C1. The molecular weight excluding hydrogens is 134 g/mol. The molecule has 0 N–H and O–H groups in total. The Kier molecular flexibility index (Phi) is 3.92. The summed E-state index contributed by atoms with van der Waals surface area (Å²) in [6.07, 6.45) is 5.73. The molecule has 1 aliphatic rings. The predicted octanol–water partition coefficient (Wildman–Crippen LogP) is 2.52. The maximum atomic E-state index is 2.52. The van der Waals surface area contributed by atoms with E-state index in [2.05, 4.69) is 18.7 Å². The molecule has 0 radical (unpaired) electrons. The zero-order valence-electron chi connectivity index (χ0n) is 7.97. The summed E-state index contributed by atoms with van der Waals surface area (Å²) in [5.41, 5.74) is 0. The molecule has 0 spiro atoms. The third kappa shape index (κ3) is 2.82. The molecule has 1 aliphatic heterocycles. The quantitative estimate of drug-likeness (QED) is 0.551. The molecule has 0 unspecified atom stereocenters. The van der Waals surface area contributed by atoms with Gasteiger partial charge in [-0.3, -0.25) is 0 Å². The fourth-order valence-electron chi connectivity index (χ4n) is 1.80. The van der Waals surface area contributed by atoms with Gasteiger partial charge in [0.15, 0.2) is 0 Å². The fraction of sp³-hybridized carbons (Fsp3) is 1.00. The Morgan fingerprint density at radius 3 is 2.45 bits per heavy atom. The maximum Gasteiger partial charge on any atom is 0.00219 e. The number of hydrogen-bond donors (Lipinski definition) is 0. The highest BCUT2D eigenvalue weighted by molar-refractivity contribution is 4.78. The van der Waals surface area contributed by atoms with E-state index in [1.165, 1.54) is 45.3 Å². The van der Waals surface area contributed by atoms with Gasteiger partial charge in [0.05, 0.1) is 0 Å². The lowest BCUT2D eigenvalue weighted by Crippen LogP contribution is -2.46. The average molecular weight is 155 g/mol. The van der Waals surface area contributed by atoms with E-state index in [-0.39, 0.29) is 0 Å². The van der Waals surface area contributed by atoms with E-state index in [1.54, 1.807) is 0 Å². The summed E-state index contributed by atoms with van der Waals surface area (Å²) in [6, 6.07) is 0. The molecule has 11 heavy (non-hydrogen) atoms. The summed E-state index contributed by atoms with van der Waals surface area (Å²) < 4.78 is 0. The molecule has 0 aromatic carbocycles. The third-order valence-electron chi connectivity index (χ3n) is 2.70. The van der Waals surface area contributed by atoms with Crippen molar-refractivity contribution < 1.29 is 0 Å². The first-order valence-electron chi connectivity index (χ1n) is 5.09. The molecule has 0 amide bonds. The number of likely N-dealkylation sites (tertiary alicyclic amines) is 1. The lowest BCUT2D eigenvalue weighted by molar-refractivity contribution is 0.0991. The van der Waals surface area contributed by atoms with Gasteiger partial charge in [0.25, 0.3) is 0 Å². The van der Waals surface area contributed by atoms with Crippen LogP contribution >= 0.6 is 0 Å². The van der Waals surface area contributed by atoms with Crippen LogP contribution in [0.4, 0.5) is 0 Å². The van der Waals surface area contributed by atoms with Gasteiger partial charge in [-0.05, 0) is 18.9 Å². The highest BCUT2D eigenvalue weighted by Crippen LogP contribution is 2.20. The molecule has 1 saturated heterocycles. The Bertz CT molecular complexity index is 95.0. The van der Waals surface area contributed by atoms with Gasteiger partial charge in [-0.25, -0.2) is 0 Å². The second-order valence-electron chi connectivity index (χ2n) is 3.71. The first-order chi connectivity index (χ1) is 5.36. The molecule has 0 atom stereocenters. The number of rotatable bonds is 5. The Morgan fingerprint density at radius 1 is 1.18 bits per heavy atom. The summed E-state index contributed by atoms with van der Waals surface area (Å²) in [6.45, 7) is 8.53. The van der Waals surface area contributed by atoms with Crippen molar-refractivity contribution in [3.63, 3.8) is 0 Å². The first-order valence-corrected chi connectivity index (χ1v) is 5.09. The van der Waals surface area contributed by atoms with Crippen LogP contribution in [0.3, 0.4) is 0 Å². The molecular formula is C10H21N. The Labute approximate surface area is 70.8 Å². The minimum Gasteiger partial charge on any atom is -0.303 e. The number of hydrogen-bond acceptors (Lipinski definition) is 1. The lowest BCUT2D eigenvalue weighted by Gasteiger charge is -2.38. The van der Waals surface area contributed by atoms with Gasteiger partial charge in [0, 0.05) is 13.1 Å². The number of unbranched alkanes of at least 4 members (excludes halogenated alkanes) is 2. The summed E-state index contributed by atoms with van der Waals surface area (Å²) in [7, 11) is 0. The van der Waals surface area contributed by atoms with Crippen LogP contribution in [0, 0.1) is 5.92 Å². The van der Waals surface area contributed by atoms with Crippen LogP contribution in [0.5, 0.6) is 0 Å². The molecule has 66 valence electrons. The predicted molar refractivity (Wildman–Crippen MR) is 49.7 cm³/mol. The van der Waals surface area contributed by atoms with E-state index in [0.29, 0.717) is 0 Å². The van der Waals surface area contributed by atoms with Crippen molar-refractivity contribution in [3.8, 4) is 0 Å². The Balaban J connectivity index is 1.88. The van der Waals surface area contributed by atoms with Crippen LogP contribution in [0.2, 0.25) is 0 Å². The first kappa shape index (κ1) is 9.05. The highest BCUT2D eigenvalue weighted by atomic mass is 15.2. The second-order valence-corrected chi connectivity index (χ2v) is 3.71. The third-order valence-corrected chi connectivity index (χ3v) is 2.70. The van der Waals surface area contributed by atoms with Crippen LogP contribution in [-0.4, -0.2) is 24.5 Å². The van der Waals surface area contributed by atoms with Crippen molar-refractivity contribution in [2.75, 3.05) is 19.6 Å². The molecule has 1 heteroatoms. The van der Waals surface area contributed by atoms with E-state index >= 15 is 0 Å². The van der Waals surface area contributed by atoms with Crippen molar-refractivity contribution in [3.05, 3.63) is 0 Å². The minimum absolute atomic E-state index is 1.04. The van der Waals surface area contributed by atoms with Gasteiger partial charge in [0.1, 0.15) is 0 Å². The zero-order valence-corrected chi connectivity index (χ0v) is 7.97. The molecule has 1 nitrogen and oxygen atoms in total. The molecule has 1 rings (SSSR count). The largest absolute Gasteiger partial charge is 0.303 e. The van der Waals surface area contributed by atoms with Gasteiger partial charge < -0.3 is 4.90 Å². The van der Waals surface area contributed by atoms with Crippen molar-refractivity contribution >= 4 is 0 Å². The molecule has 1 fully saturated rings. The normalized spacial score (nSPS) is 20.2. The van der Waals surface area contributed by atoms with Gasteiger partial charge in [-0.2, -0.15) is 0 Å². The van der Waals surface area contributed by atoms with Crippen LogP contribution in [0.25, 0.3) is 0 Å². The van der Waals surface area contributed by atoms with Crippen molar-refractivity contribution in [1.29, 1.82) is 0 Å². The van der Waals surface area contributed by atoms with Crippen LogP contribution in [-0.2, 0) is 0 Å². The van der Waals surface area contributed by atoms with E-state index in [9.17, 15) is 0 Å². The van der Waals surface area contributed by atoms with Gasteiger partial charge in [0.2, 0.25) is 0 Å². The van der Waals surface area contributed by atoms with Gasteiger partial charge in [-0.15, -0.1) is 0 Å². The smallest absolute Gasteiger partial charge is 0.00219 e. The average Bonchev–Trinajstić information content (AvgIpc) is 1.94. The van der Waals surface area contributed by atoms with E-state index < -0.39 is 0 Å². The van der Waals surface area contributed by atoms with E-state index in [4.69, 9.17) is 0 Å². The van der Waals surface area contributed by atoms with Crippen LogP contribution in [0.1, 0.15) is 39.5 Å². The molecule has 0 aromatic heterocycles. The van der Waals surface area contributed by atoms with E-state index in [0.717, 1.165) is 5.92 Å². The van der Waals surface area contributed by atoms with Crippen molar-refractivity contribution in [2.45, 2.75) is 39.5 Å². The highest BCUT2D eigenvalue weighted by Gasteiger charge is 2.23. The maximum absolute atomic E-state index is 2.52. The van der Waals surface area contributed by atoms with Crippen molar-refractivity contribution in [2.24, 2.45) is 5.92 Å². The summed E-state index contributed by atoms with van der Waals surface area (Å²) in [4.78, 5) is 2.52. The molecule has 0 aliphatic carbocycles. The summed E-state index contributed by atoms with van der Waals surface area (Å²) in [5, 5.41) is 0. The number of nitrogens with zero attached hydrogens (tertiary/aromatic N) is 1. The lowest BCUT2D eigenvalue weighted by atomic mass is 9.94. The molecule has 0 bridgehead atoms. The molecule has 0 aromatic rings. The zero-order chi connectivity index (χ0) is 8.10. The standard InChI is InChI=1S/C10H21N/c1-3-5-6-7-10-8-11(4-2)9-10/h10H,3-9H2,1-2H3. The van der Waals surface area contributed by atoms with Gasteiger partial charge >= 0.3 is 0 Å². The Morgan fingerprint density at radius 2 is 1.91 bits per heavy atom. The fourth-order valence-corrected chi connectivity index (χ4v) is 1.80. The van der Waals surface area contributed by atoms with E-state index in [1.807, 2.05) is 0 Å². The van der Waals surface area contributed by atoms with Crippen LogP contribution < -0.4 is 0 Å².